The second-order valence-electron chi connectivity index (χ2n) is 5.82. The fraction of sp³-hybridized carbons (Fsp3) is 0.217. The van der Waals surface area contributed by atoms with Gasteiger partial charge in [-0.3, -0.25) is 0 Å². The second kappa shape index (κ2) is 8.44. The lowest BCUT2D eigenvalue weighted by molar-refractivity contribution is 0.674. The lowest BCUT2D eigenvalue weighted by Gasteiger charge is -2.08. The highest BCUT2D eigenvalue weighted by atomic mass is 19.1. The van der Waals surface area contributed by atoms with Gasteiger partial charge < -0.3 is 0 Å². The standard InChI is InChI=1S/C23H25F/c1-5-18-8-12-20(13-9-18)17(4)16-23(24)22(7-3)21-14-10-19(6-2)11-15-21/h7-16H,4-6H2,1-3H3/b22-7-,23-16+. The quantitative estimate of drug-likeness (QED) is 0.514. The summed E-state index contributed by atoms with van der Waals surface area (Å²) in [5.74, 6) is -0.258. The minimum absolute atomic E-state index is 0.258. The molecule has 2 aromatic carbocycles. The first-order valence-corrected chi connectivity index (χ1v) is 8.50. The van der Waals surface area contributed by atoms with Gasteiger partial charge in [0.15, 0.2) is 0 Å². The highest BCUT2D eigenvalue weighted by Crippen LogP contribution is 2.27. The van der Waals surface area contributed by atoms with E-state index in [4.69, 9.17) is 0 Å². The van der Waals surface area contributed by atoms with Gasteiger partial charge in [-0.05, 0) is 53.7 Å². The molecular formula is C23H25F. The van der Waals surface area contributed by atoms with Crippen LogP contribution in [0, 0.1) is 0 Å². The van der Waals surface area contributed by atoms with E-state index in [0.717, 1.165) is 24.0 Å². The molecule has 0 radical (unpaired) electrons. The molecule has 0 N–H and O–H groups in total. The van der Waals surface area contributed by atoms with Crippen LogP contribution >= 0.6 is 0 Å². The van der Waals surface area contributed by atoms with E-state index < -0.39 is 0 Å². The first-order chi connectivity index (χ1) is 11.6. The van der Waals surface area contributed by atoms with Crippen molar-refractivity contribution in [3.05, 3.63) is 95.3 Å². The molecule has 0 nitrogen and oxygen atoms in total. The highest BCUT2D eigenvalue weighted by Gasteiger charge is 2.08. The molecule has 2 rings (SSSR count). The SMILES string of the molecule is C=C(/C=C(F)\C(=C/C)c1ccc(CC)cc1)c1ccc(CC)cc1. The fourth-order valence-electron chi connectivity index (χ4n) is 2.63. The summed E-state index contributed by atoms with van der Waals surface area (Å²) in [6, 6.07) is 16.2. The lowest BCUT2D eigenvalue weighted by Crippen LogP contribution is -1.89. The molecule has 0 atom stereocenters. The van der Waals surface area contributed by atoms with Crippen molar-refractivity contribution in [3.8, 4) is 0 Å². The van der Waals surface area contributed by atoms with E-state index in [1.165, 1.54) is 17.2 Å². The molecule has 0 spiro atoms. The summed E-state index contributed by atoms with van der Waals surface area (Å²) in [5, 5.41) is 0. The van der Waals surface area contributed by atoms with Crippen LogP contribution in [-0.2, 0) is 12.8 Å². The number of benzene rings is 2. The zero-order valence-corrected chi connectivity index (χ0v) is 14.8. The molecule has 0 aliphatic rings. The van der Waals surface area contributed by atoms with Crippen LogP contribution in [0.4, 0.5) is 4.39 Å². The van der Waals surface area contributed by atoms with Crippen LogP contribution in [0.25, 0.3) is 11.1 Å². The van der Waals surface area contributed by atoms with E-state index in [1.807, 2.05) is 43.3 Å². The molecule has 24 heavy (non-hydrogen) atoms. The predicted octanol–water partition coefficient (Wildman–Crippen LogP) is 6.78. The maximum atomic E-state index is 14.7. The van der Waals surface area contributed by atoms with E-state index in [2.05, 4.69) is 32.6 Å². The van der Waals surface area contributed by atoms with E-state index >= 15 is 0 Å². The monoisotopic (exact) mass is 320 g/mol. The zero-order chi connectivity index (χ0) is 17.5. The van der Waals surface area contributed by atoms with Crippen LogP contribution in [0.15, 0.2) is 73.1 Å². The molecule has 0 fully saturated rings. The predicted molar refractivity (Wildman–Crippen MR) is 104 cm³/mol. The molecule has 1 heteroatoms. The Labute approximate surface area is 145 Å². The molecule has 0 unspecified atom stereocenters. The molecule has 124 valence electrons. The Morgan fingerprint density at radius 1 is 0.875 bits per heavy atom. The Morgan fingerprint density at radius 2 is 1.33 bits per heavy atom. The largest absolute Gasteiger partial charge is 0.206 e. The maximum Gasteiger partial charge on any atom is 0.131 e. The van der Waals surface area contributed by atoms with Gasteiger partial charge in [0, 0.05) is 5.57 Å². The van der Waals surface area contributed by atoms with Gasteiger partial charge in [0.05, 0.1) is 0 Å². The van der Waals surface area contributed by atoms with Gasteiger partial charge in [-0.1, -0.05) is 75.0 Å². The van der Waals surface area contributed by atoms with E-state index in [-0.39, 0.29) is 5.83 Å². The first-order valence-electron chi connectivity index (χ1n) is 8.50. The minimum Gasteiger partial charge on any atom is -0.206 e. The van der Waals surface area contributed by atoms with Crippen LogP contribution in [0.5, 0.6) is 0 Å². The number of hydrogen-bond acceptors (Lipinski definition) is 0. The van der Waals surface area contributed by atoms with Crippen LogP contribution in [0.1, 0.15) is 43.0 Å². The van der Waals surface area contributed by atoms with Gasteiger partial charge in [-0.15, -0.1) is 0 Å². The van der Waals surface area contributed by atoms with Crippen molar-refractivity contribution in [2.75, 3.05) is 0 Å². The average Bonchev–Trinajstić information content (AvgIpc) is 2.63. The molecular weight excluding hydrogens is 295 g/mol. The molecule has 0 bridgehead atoms. The smallest absolute Gasteiger partial charge is 0.131 e. The van der Waals surface area contributed by atoms with Crippen LogP contribution in [-0.4, -0.2) is 0 Å². The third-order valence-electron chi connectivity index (χ3n) is 4.25. The lowest BCUT2D eigenvalue weighted by atomic mass is 9.99. The zero-order valence-electron chi connectivity index (χ0n) is 14.8. The Bertz CT molecular complexity index is 744. The normalized spacial score (nSPS) is 12.3. The van der Waals surface area contributed by atoms with Crippen molar-refractivity contribution in [1.29, 1.82) is 0 Å². The van der Waals surface area contributed by atoms with Gasteiger partial charge >= 0.3 is 0 Å². The van der Waals surface area contributed by atoms with Crippen molar-refractivity contribution in [2.45, 2.75) is 33.6 Å². The van der Waals surface area contributed by atoms with Gasteiger partial charge in [0.25, 0.3) is 0 Å². The third kappa shape index (κ3) is 4.32. The molecule has 0 heterocycles. The highest BCUT2D eigenvalue weighted by molar-refractivity contribution is 5.82. The molecule has 0 aromatic heterocycles. The summed E-state index contributed by atoms with van der Waals surface area (Å²) < 4.78 is 14.7. The van der Waals surface area contributed by atoms with Crippen molar-refractivity contribution in [1.82, 2.24) is 0 Å². The maximum absolute atomic E-state index is 14.7. The minimum atomic E-state index is -0.258. The van der Waals surface area contributed by atoms with Crippen molar-refractivity contribution >= 4 is 11.1 Å². The number of halogens is 1. The summed E-state index contributed by atoms with van der Waals surface area (Å²) in [7, 11) is 0. The van der Waals surface area contributed by atoms with Gasteiger partial charge in [-0.2, -0.15) is 0 Å². The van der Waals surface area contributed by atoms with E-state index in [9.17, 15) is 4.39 Å². The van der Waals surface area contributed by atoms with Gasteiger partial charge in [0.1, 0.15) is 5.83 Å². The van der Waals surface area contributed by atoms with Crippen LogP contribution in [0.3, 0.4) is 0 Å². The number of allylic oxidation sites excluding steroid dienone is 5. The summed E-state index contributed by atoms with van der Waals surface area (Å²) in [5.41, 5.74) is 5.63. The molecule has 0 aliphatic heterocycles. The second-order valence-corrected chi connectivity index (χ2v) is 5.82. The third-order valence-corrected chi connectivity index (χ3v) is 4.25. The molecule has 0 saturated heterocycles. The van der Waals surface area contributed by atoms with Crippen molar-refractivity contribution in [3.63, 3.8) is 0 Å². The topological polar surface area (TPSA) is 0 Å². The summed E-state index contributed by atoms with van der Waals surface area (Å²) in [4.78, 5) is 0. The molecule has 2 aromatic rings. The Hall–Kier alpha value is -2.41. The Kier molecular flexibility index (Phi) is 6.31. The van der Waals surface area contributed by atoms with Crippen LogP contribution in [0.2, 0.25) is 0 Å². The average molecular weight is 320 g/mol. The first kappa shape index (κ1) is 17.9. The van der Waals surface area contributed by atoms with Gasteiger partial charge in [0.2, 0.25) is 0 Å². The number of hydrogen-bond donors (Lipinski definition) is 0. The number of rotatable bonds is 6. The van der Waals surface area contributed by atoms with Gasteiger partial charge in [-0.25, -0.2) is 4.39 Å². The fourth-order valence-corrected chi connectivity index (χ4v) is 2.63. The number of aryl methyl sites for hydroxylation is 2. The summed E-state index contributed by atoms with van der Waals surface area (Å²) >= 11 is 0. The van der Waals surface area contributed by atoms with Crippen molar-refractivity contribution < 1.29 is 4.39 Å². The van der Waals surface area contributed by atoms with E-state index in [1.54, 1.807) is 6.08 Å². The molecule has 0 aliphatic carbocycles. The van der Waals surface area contributed by atoms with Crippen LogP contribution < -0.4 is 0 Å². The summed E-state index contributed by atoms with van der Waals surface area (Å²) in [6.07, 6.45) is 5.30. The van der Waals surface area contributed by atoms with Crippen molar-refractivity contribution in [2.24, 2.45) is 0 Å². The molecule has 0 saturated carbocycles. The molecule has 0 amide bonds. The van der Waals surface area contributed by atoms with E-state index in [0.29, 0.717) is 11.1 Å². The summed E-state index contributed by atoms with van der Waals surface area (Å²) in [6.45, 7) is 10.1. The Balaban J connectivity index is 2.24. The Morgan fingerprint density at radius 3 is 1.75 bits per heavy atom.